The van der Waals surface area contributed by atoms with E-state index < -0.39 is 5.41 Å². The number of phenols is 1. The number of benzene rings is 4. The van der Waals surface area contributed by atoms with Crippen LogP contribution in [-0.4, -0.2) is 18.1 Å². The molecule has 36 heavy (non-hydrogen) atoms. The summed E-state index contributed by atoms with van der Waals surface area (Å²) in [7, 11) is 1.64. The van der Waals surface area contributed by atoms with Gasteiger partial charge in [0.25, 0.3) is 0 Å². The maximum Gasteiger partial charge on any atom is 0.242 e. The zero-order chi connectivity index (χ0) is 25.4. The van der Waals surface area contributed by atoms with Gasteiger partial charge in [0.2, 0.25) is 5.91 Å². The number of nitrogens with zero attached hydrogens (tertiary/aromatic N) is 1. The van der Waals surface area contributed by atoms with Gasteiger partial charge < -0.3 is 14.7 Å². The number of aromatic hydroxyl groups is 1. The number of rotatable bonds is 6. The number of aryl methyl sites for hydroxylation is 2. The Morgan fingerprint density at radius 1 is 0.917 bits per heavy atom. The molecule has 1 heterocycles. The van der Waals surface area contributed by atoms with E-state index in [4.69, 9.17) is 16.3 Å². The molecular formula is C31H28ClNO3. The zero-order valence-electron chi connectivity index (χ0n) is 20.6. The van der Waals surface area contributed by atoms with E-state index in [1.54, 1.807) is 7.11 Å². The number of ether oxygens (including phenoxy) is 1. The van der Waals surface area contributed by atoms with Crippen LogP contribution in [0.25, 0.3) is 0 Å². The highest BCUT2D eigenvalue weighted by molar-refractivity contribution is 6.31. The van der Waals surface area contributed by atoms with Crippen LogP contribution in [0.2, 0.25) is 5.02 Å². The van der Waals surface area contributed by atoms with Crippen LogP contribution < -0.4 is 9.64 Å². The third-order valence-corrected chi connectivity index (χ3v) is 7.51. The first-order valence-electron chi connectivity index (χ1n) is 11.9. The molecule has 1 aliphatic heterocycles. The molecule has 0 radical (unpaired) electrons. The number of phenolic OH excluding ortho intramolecular Hbond substituents is 1. The maximum absolute atomic E-state index is 14.7. The molecule has 0 saturated carbocycles. The smallest absolute Gasteiger partial charge is 0.242 e. The molecule has 0 bridgehead atoms. The Morgan fingerprint density at radius 3 is 2.33 bits per heavy atom. The number of halogens is 1. The molecule has 4 aromatic carbocycles. The largest absolute Gasteiger partial charge is 0.507 e. The van der Waals surface area contributed by atoms with Gasteiger partial charge in [0, 0.05) is 10.7 Å². The van der Waals surface area contributed by atoms with Crippen molar-refractivity contribution in [2.24, 2.45) is 0 Å². The predicted octanol–water partition coefficient (Wildman–Crippen LogP) is 6.75. The van der Waals surface area contributed by atoms with Crippen molar-refractivity contribution < 1.29 is 14.6 Å². The van der Waals surface area contributed by atoms with Gasteiger partial charge >= 0.3 is 0 Å². The molecule has 5 rings (SSSR count). The van der Waals surface area contributed by atoms with E-state index in [0.29, 0.717) is 18.0 Å². The summed E-state index contributed by atoms with van der Waals surface area (Å²) in [6.45, 7) is 4.11. The first-order valence-corrected chi connectivity index (χ1v) is 12.3. The zero-order valence-corrected chi connectivity index (χ0v) is 21.3. The van der Waals surface area contributed by atoms with Crippen molar-refractivity contribution in [3.63, 3.8) is 0 Å². The monoisotopic (exact) mass is 497 g/mol. The normalized spacial score (nSPS) is 16.8. The van der Waals surface area contributed by atoms with Crippen LogP contribution >= 0.6 is 11.6 Å². The van der Waals surface area contributed by atoms with E-state index in [1.807, 2.05) is 104 Å². The van der Waals surface area contributed by atoms with Crippen LogP contribution in [0.5, 0.6) is 11.5 Å². The highest BCUT2D eigenvalue weighted by Crippen LogP contribution is 2.50. The fourth-order valence-electron chi connectivity index (χ4n) is 5.32. The molecule has 0 fully saturated rings. The third-order valence-electron chi connectivity index (χ3n) is 7.14. The molecule has 1 N–H and O–H groups in total. The van der Waals surface area contributed by atoms with E-state index in [2.05, 4.69) is 0 Å². The lowest BCUT2D eigenvalue weighted by atomic mass is 9.70. The van der Waals surface area contributed by atoms with Crippen LogP contribution in [0, 0.1) is 13.8 Å². The highest BCUT2D eigenvalue weighted by atomic mass is 35.5. The van der Waals surface area contributed by atoms with Crippen molar-refractivity contribution >= 4 is 23.2 Å². The van der Waals surface area contributed by atoms with Crippen LogP contribution in [0.4, 0.5) is 5.69 Å². The van der Waals surface area contributed by atoms with E-state index in [9.17, 15) is 9.90 Å². The summed E-state index contributed by atoms with van der Waals surface area (Å²) in [5, 5.41) is 11.2. The van der Waals surface area contributed by atoms with Crippen LogP contribution in [0.1, 0.15) is 33.4 Å². The summed E-state index contributed by atoms with van der Waals surface area (Å²) >= 11 is 6.51. The van der Waals surface area contributed by atoms with Crippen molar-refractivity contribution in [3.8, 4) is 11.5 Å². The summed E-state index contributed by atoms with van der Waals surface area (Å²) < 4.78 is 5.48. The Kier molecular flexibility index (Phi) is 6.23. The first kappa shape index (κ1) is 24.0. The Balaban J connectivity index is 1.74. The molecule has 4 aromatic rings. The van der Waals surface area contributed by atoms with Crippen molar-refractivity contribution in [1.82, 2.24) is 0 Å². The fraction of sp³-hybridized carbons (Fsp3) is 0.194. The Labute approximate surface area is 216 Å². The van der Waals surface area contributed by atoms with Gasteiger partial charge in [0.05, 0.1) is 13.7 Å². The molecule has 1 amide bonds. The average molecular weight is 498 g/mol. The van der Waals surface area contributed by atoms with Crippen LogP contribution in [0.15, 0.2) is 84.9 Å². The van der Waals surface area contributed by atoms with Crippen LogP contribution in [0.3, 0.4) is 0 Å². The third kappa shape index (κ3) is 3.92. The number of carbonyl (C=O) groups excluding carboxylic acids is 1. The number of amides is 1. The molecule has 1 aliphatic rings. The van der Waals surface area contributed by atoms with Gasteiger partial charge in [-0.2, -0.15) is 0 Å². The second kappa shape index (κ2) is 9.36. The van der Waals surface area contributed by atoms with Crippen molar-refractivity contribution in [2.75, 3.05) is 12.0 Å². The predicted molar refractivity (Wildman–Crippen MR) is 144 cm³/mol. The minimum absolute atomic E-state index is 0.0177. The Hall–Kier alpha value is -3.76. The fourth-order valence-corrected chi connectivity index (χ4v) is 5.52. The van der Waals surface area contributed by atoms with Gasteiger partial charge in [-0.05, 0) is 77.9 Å². The van der Waals surface area contributed by atoms with Gasteiger partial charge in [-0.1, -0.05) is 72.3 Å². The minimum atomic E-state index is -0.979. The molecule has 0 saturated heterocycles. The number of fused-ring (bicyclic) bond motifs is 1. The minimum Gasteiger partial charge on any atom is -0.507 e. The van der Waals surface area contributed by atoms with Gasteiger partial charge in [-0.15, -0.1) is 0 Å². The van der Waals surface area contributed by atoms with Crippen molar-refractivity contribution in [3.05, 3.63) is 123 Å². The Morgan fingerprint density at radius 2 is 1.61 bits per heavy atom. The summed E-state index contributed by atoms with van der Waals surface area (Å²) in [6.07, 6.45) is 0.447. The van der Waals surface area contributed by atoms with Crippen molar-refractivity contribution in [1.29, 1.82) is 0 Å². The van der Waals surface area contributed by atoms with Gasteiger partial charge in [-0.25, -0.2) is 0 Å². The molecule has 0 spiro atoms. The summed E-state index contributed by atoms with van der Waals surface area (Å²) in [6, 6.07) is 27.3. The Bertz CT molecular complexity index is 1440. The summed E-state index contributed by atoms with van der Waals surface area (Å²) in [5.74, 6) is 0.977. The molecule has 182 valence electrons. The second-order valence-corrected chi connectivity index (χ2v) is 9.80. The lowest BCUT2D eigenvalue weighted by Crippen LogP contribution is -2.43. The molecule has 1 unspecified atom stereocenters. The van der Waals surface area contributed by atoms with Gasteiger partial charge in [-0.3, -0.25) is 4.79 Å². The maximum atomic E-state index is 14.7. The SMILES string of the molecule is COc1cccc(CC2(c3cc(C)c(O)c(C)c3)C(=O)N(Cc3ccccc3Cl)c3ccccc32)c1. The first-order chi connectivity index (χ1) is 17.3. The highest BCUT2D eigenvalue weighted by Gasteiger charge is 2.52. The topological polar surface area (TPSA) is 49.8 Å². The molecule has 1 atom stereocenters. The number of hydrogen-bond donors (Lipinski definition) is 1. The molecule has 0 aliphatic carbocycles. The van der Waals surface area contributed by atoms with E-state index in [0.717, 1.165) is 44.8 Å². The van der Waals surface area contributed by atoms with E-state index in [1.165, 1.54) is 0 Å². The average Bonchev–Trinajstić information content (AvgIpc) is 3.12. The van der Waals surface area contributed by atoms with Crippen molar-refractivity contribution in [2.45, 2.75) is 32.2 Å². The van der Waals surface area contributed by atoms with Gasteiger partial charge in [0.15, 0.2) is 0 Å². The molecule has 5 heteroatoms. The lowest BCUT2D eigenvalue weighted by Gasteiger charge is -2.31. The number of para-hydroxylation sites is 1. The number of carbonyl (C=O) groups is 1. The van der Waals surface area contributed by atoms with Crippen LogP contribution in [-0.2, 0) is 23.2 Å². The number of methoxy groups -OCH3 is 1. The summed E-state index contributed by atoms with van der Waals surface area (Å²) in [5.41, 5.74) is 5.04. The van der Waals surface area contributed by atoms with E-state index >= 15 is 0 Å². The van der Waals surface area contributed by atoms with E-state index in [-0.39, 0.29) is 11.7 Å². The standard InChI is InChI=1S/C31H28ClNO3/c1-20-15-24(16-21(2)29(20)34)31(18-22-9-8-11-25(17-22)36-3)26-12-5-7-14-28(26)33(30(31)35)19-23-10-4-6-13-27(23)32/h4-17,34H,18-19H2,1-3H3. The number of anilines is 1. The quantitative estimate of drug-likeness (QED) is 0.320. The second-order valence-electron chi connectivity index (χ2n) is 9.39. The molecule has 4 nitrogen and oxygen atoms in total. The molecular weight excluding hydrogens is 470 g/mol. The number of hydrogen-bond acceptors (Lipinski definition) is 3. The van der Waals surface area contributed by atoms with Gasteiger partial charge in [0.1, 0.15) is 16.9 Å². The lowest BCUT2D eigenvalue weighted by molar-refractivity contribution is -0.122. The summed E-state index contributed by atoms with van der Waals surface area (Å²) in [4.78, 5) is 16.5. The molecule has 0 aromatic heterocycles.